The quantitative estimate of drug-likeness (QED) is 0.347. The zero-order valence-electron chi connectivity index (χ0n) is 8.81. The Bertz CT molecular complexity index is 137. The van der Waals surface area contributed by atoms with Gasteiger partial charge < -0.3 is 10.5 Å². The topological polar surface area (TPSA) is 59.1 Å². The lowest BCUT2D eigenvalue weighted by Gasteiger charge is -2.11. The third-order valence-electron chi connectivity index (χ3n) is 1.94. The van der Waals surface area contributed by atoms with Crippen molar-refractivity contribution in [3.8, 4) is 0 Å². The molecule has 0 fully saturated rings. The summed E-state index contributed by atoms with van der Waals surface area (Å²) in [6, 6.07) is 0. The van der Waals surface area contributed by atoms with Gasteiger partial charge in [0.25, 0.3) is 0 Å². The molecular formula is C10H22N2O. The Morgan fingerprint density at radius 3 is 2.69 bits per heavy atom. The Balaban J connectivity index is 3.11. The third kappa shape index (κ3) is 9.34. The molecule has 0 aromatic rings. The van der Waals surface area contributed by atoms with Crippen LogP contribution in [0.4, 0.5) is 0 Å². The van der Waals surface area contributed by atoms with Crippen LogP contribution in [0.3, 0.4) is 0 Å². The smallest absolute Gasteiger partial charge is 0.0905 e. The van der Waals surface area contributed by atoms with Crippen LogP contribution in [0.5, 0.6) is 0 Å². The summed E-state index contributed by atoms with van der Waals surface area (Å²) in [4.78, 5) is 0. The standard InChI is InChI=1S/C10H22N2O/c1-3-6-9(2)13-8-5-4-7-10(11)12/h9H,3-8H2,1-2H3,(H3,11,12). The number of ether oxygens (including phenoxy) is 1. The van der Waals surface area contributed by atoms with E-state index >= 15 is 0 Å². The number of unbranched alkanes of at least 4 members (excludes halogenated alkanes) is 1. The molecule has 0 saturated heterocycles. The SMILES string of the molecule is CCCC(C)OCCCCC(=N)N. The molecule has 78 valence electrons. The summed E-state index contributed by atoms with van der Waals surface area (Å²) in [5, 5.41) is 7.02. The van der Waals surface area contributed by atoms with E-state index in [1.54, 1.807) is 0 Å². The number of amidine groups is 1. The second-order valence-electron chi connectivity index (χ2n) is 3.45. The van der Waals surface area contributed by atoms with E-state index in [2.05, 4.69) is 13.8 Å². The van der Waals surface area contributed by atoms with Gasteiger partial charge in [0.1, 0.15) is 0 Å². The van der Waals surface area contributed by atoms with Crippen LogP contribution in [0.2, 0.25) is 0 Å². The average Bonchev–Trinajstić information content (AvgIpc) is 2.03. The van der Waals surface area contributed by atoms with Gasteiger partial charge in [0.2, 0.25) is 0 Å². The van der Waals surface area contributed by atoms with Gasteiger partial charge in [0.15, 0.2) is 0 Å². The Labute approximate surface area is 81.2 Å². The summed E-state index contributed by atoms with van der Waals surface area (Å²) in [5.74, 6) is 0.279. The van der Waals surface area contributed by atoms with E-state index in [0.717, 1.165) is 25.9 Å². The zero-order valence-corrected chi connectivity index (χ0v) is 8.81. The first-order chi connectivity index (χ1) is 6.16. The fraction of sp³-hybridized carbons (Fsp3) is 0.900. The van der Waals surface area contributed by atoms with Crippen LogP contribution in [0, 0.1) is 5.41 Å². The van der Waals surface area contributed by atoms with Crippen molar-refractivity contribution in [2.75, 3.05) is 6.61 Å². The van der Waals surface area contributed by atoms with Gasteiger partial charge in [-0.1, -0.05) is 13.3 Å². The van der Waals surface area contributed by atoms with Gasteiger partial charge in [-0.3, -0.25) is 5.41 Å². The lowest BCUT2D eigenvalue weighted by atomic mass is 10.2. The largest absolute Gasteiger partial charge is 0.388 e. The van der Waals surface area contributed by atoms with E-state index in [9.17, 15) is 0 Å². The molecule has 3 nitrogen and oxygen atoms in total. The molecule has 3 heteroatoms. The molecule has 3 N–H and O–H groups in total. The van der Waals surface area contributed by atoms with Crippen LogP contribution in [0.15, 0.2) is 0 Å². The summed E-state index contributed by atoms with van der Waals surface area (Å²) in [6.07, 6.45) is 5.36. The van der Waals surface area contributed by atoms with Crippen LogP contribution in [-0.2, 0) is 4.74 Å². The number of nitrogens with two attached hydrogens (primary N) is 1. The number of rotatable bonds is 8. The Morgan fingerprint density at radius 2 is 2.15 bits per heavy atom. The summed E-state index contributed by atoms with van der Waals surface area (Å²) in [7, 11) is 0. The van der Waals surface area contributed by atoms with Gasteiger partial charge in [0.05, 0.1) is 11.9 Å². The van der Waals surface area contributed by atoms with Gasteiger partial charge in [-0.2, -0.15) is 0 Å². The molecule has 0 aliphatic heterocycles. The van der Waals surface area contributed by atoms with Crippen molar-refractivity contribution < 1.29 is 4.74 Å². The molecule has 0 aliphatic rings. The molecule has 0 aliphatic carbocycles. The van der Waals surface area contributed by atoms with Crippen molar-refractivity contribution in [2.24, 2.45) is 5.73 Å². The lowest BCUT2D eigenvalue weighted by molar-refractivity contribution is 0.0576. The fourth-order valence-electron chi connectivity index (χ4n) is 1.19. The van der Waals surface area contributed by atoms with Crippen LogP contribution < -0.4 is 5.73 Å². The van der Waals surface area contributed by atoms with Crippen LogP contribution in [0.25, 0.3) is 0 Å². The van der Waals surface area contributed by atoms with Crippen LogP contribution in [-0.4, -0.2) is 18.5 Å². The van der Waals surface area contributed by atoms with Crippen molar-refractivity contribution in [3.05, 3.63) is 0 Å². The summed E-state index contributed by atoms with van der Waals surface area (Å²) in [5.41, 5.74) is 5.22. The predicted molar refractivity (Wildman–Crippen MR) is 56.1 cm³/mol. The minimum absolute atomic E-state index is 0.279. The highest BCUT2D eigenvalue weighted by Crippen LogP contribution is 2.03. The monoisotopic (exact) mass is 186 g/mol. The zero-order chi connectivity index (χ0) is 10.1. The highest BCUT2D eigenvalue weighted by molar-refractivity contribution is 5.76. The summed E-state index contributed by atoms with van der Waals surface area (Å²) in [6.45, 7) is 5.07. The molecular weight excluding hydrogens is 164 g/mol. The summed E-state index contributed by atoms with van der Waals surface area (Å²) >= 11 is 0. The van der Waals surface area contributed by atoms with Gasteiger partial charge in [-0.15, -0.1) is 0 Å². The first kappa shape index (κ1) is 12.4. The molecule has 1 atom stereocenters. The molecule has 0 bridgehead atoms. The van der Waals surface area contributed by atoms with E-state index in [4.69, 9.17) is 15.9 Å². The molecule has 0 aromatic carbocycles. The number of hydrogen-bond donors (Lipinski definition) is 2. The van der Waals surface area contributed by atoms with E-state index in [1.807, 2.05) is 0 Å². The first-order valence-electron chi connectivity index (χ1n) is 5.11. The van der Waals surface area contributed by atoms with E-state index in [0.29, 0.717) is 12.5 Å². The van der Waals surface area contributed by atoms with Gasteiger partial charge in [0, 0.05) is 13.0 Å². The van der Waals surface area contributed by atoms with Gasteiger partial charge >= 0.3 is 0 Å². The maximum atomic E-state index is 7.02. The molecule has 0 aromatic heterocycles. The normalized spacial score (nSPS) is 12.8. The molecule has 0 radical (unpaired) electrons. The molecule has 1 unspecified atom stereocenters. The average molecular weight is 186 g/mol. The fourth-order valence-corrected chi connectivity index (χ4v) is 1.19. The van der Waals surface area contributed by atoms with Crippen molar-refractivity contribution in [2.45, 2.75) is 52.1 Å². The van der Waals surface area contributed by atoms with Gasteiger partial charge in [-0.05, 0) is 26.2 Å². The maximum Gasteiger partial charge on any atom is 0.0905 e. The van der Waals surface area contributed by atoms with Gasteiger partial charge in [-0.25, -0.2) is 0 Å². The molecule has 13 heavy (non-hydrogen) atoms. The van der Waals surface area contributed by atoms with Crippen molar-refractivity contribution in [1.29, 1.82) is 5.41 Å². The first-order valence-corrected chi connectivity index (χ1v) is 5.11. The maximum absolute atomic E-state index is 7.02. The van der Waals surface area contributed by atoms with Crippen molar-refractivity contribution in [3.63, 3.8) is 0 Å². The van der Waals surface area contributed by atoms with Crippen molar-refractivity contribution in [1.82, 2.24) is 0 Å². The van der Waals surface area contributed by atoms with Crippen LogP contribution in [0.1, 0.15) is 46.0 Å². The highest BCUT2D eigenvalue weighted by atomic mass is 16.5. The predicted octanol–water partition coefficient (Wildman–Crippen LogP) is 2.30. The van der Waals surface area contributed by atoms with E-state index in [1.165, 1.54) is 6.42 Å². The van der Waals surface area contributed by atoms with E-state index < -0.39 is 0 Å². The molecule has 0 saturated carbocycles. The molecule has 0 heterocycles. The Kier molecular flexibility index (Phi) is 7.69. The molecule has 0 rings (SSSR count). The number of hydrogen-bond acceptors (Lipinski definition) is 2. The second-order valence-corrected chi connectivity index (χ2v) is 3.45. The Morgan fingerprint density at radius 1 is 1.46 bits per heavy atom. The van der Waals surface area contributed by atoms with Crippen LogP contribution >= 0.6 is 0 Å². The minimum atomic E-state index is 0.279. The summed E-state index contributed by atoms with van der Waals surface area (Å²) < 4.78 is 5.55. The second kappa shape index (κ2) is 8.05. The minimum Gasteiger partial charge on any atom is -0.388 e. The molecule has 0 spiro atoms. The van der Waals surface area contributed by atoms with E-state index in [-0.39, 0.29) is 5.84 Å². The Hall–Kier alpha value is -0.570. The number of nitrogens with one attached hydrogen (secondary N) is 1. The highest BCUT2D eigenvalue weighted by Gasteiger charge is 1.99. The lowest BCUT2D eigenvalue weighted by Crippen LogP contribution is -2.11. The van der Waals surface area contributed by atoms with Crippen molar-refractivity contribution >= 4 is 5.84 Å². The third-order valence-corrected chi connectivity index (χ3v) is 1.94. The molecule has 0 amide bonds.